The lowest BCUT2D eigenvalue weighted by Gasteiger charge is -2.13. The van der Waals surface area contributed by atoms with Crippen LogP contribution in [0.25, 0.3) is 16.9 Å². The van der Waals surface area contributed by atoms with E-state index >= 15 is 0 Å². The van der Waals surface area contributed by atoms with Crippen molar-refractivity contribution in [1.29, 1.82) is 0 Å². The first-order valence-corrected chi connectivity index (χ1v) is 10.7. The molecule has 0 bridgehead atoms. The van der Waals surface area contributed by atoms with E-state index in [-0.39, 0.29) is 11.5 Å². The second-order valence-electron chi connectivity index (χ2n) is 7.81. The number of fused-ring (bicyclic) bond motifs is 1. The minimum absolute atomic E-state index is 0.254. The van der Waals surface area contributed by atoms with Gasteiger partial charge in [-0.1, -0.05) is 78.9 Å². The van der Waals surface area contributed by atoms with Crippen molar-refractivity contribution in [1.82, 2.24) is 19.7 Å². The molecule has 33 heavy (non-hydrogen) atoms. The highest BCUT2D eigenvalue weighted by atomic mass is 16.2. The topological polar surface area (TPSA) is 68.9 Å². The second kappa shape index (κ2) is 8.96. The van der Waals surface area contributed by atoms with Crippen LogP contribution in [0.4, 0.5) is 0 Å². The molecule has 3 aromatic rings. The van der Waals surface area contributed by atoms with Crippen LogP contribution < -0.4 is 10.9 Å². The Bertz CT molecular complexity index is 1410. The van der Waals surface area contributed by atoms with Crippen molar-refractivity contribution < 1.29 is 4.79 Å². The van der Waals surface area contributed by atoms with Gasteiger partial charge in [0, 0.05) is 25.5 Å². The molecule has 0 saturated carbocycles. The zero-order chi connectivity index (χ0) is 22.6. The van der Waals surface area contributed by atoms with E-state index in [2.05, 4.69) is 10.4 Å². The van der Waals surface area contributed by atoms with Gasteiger partial charge in [-0.15, -0.1) is 0 Å². The SMILES string of the molecule is O=C(NCc1ccccc1)c1cn(Cc2ccccc2)cc2c(=O)n(-c3ccccc3)nc1-2. The predicted molar refractivity (Wildman–Crippen MR) is 128 cm³/mol. The van der Waals surface area contributed by atoms with E-state index < -0.39 is 0 Å². The van der Waals surface area contributed by atoms with Crippen molar-refractivity contribution in [3.8, 4) is 16.9 Å². The molecule has 0 radical (unpaired) electrons. The van der Waals surface area contributed by atoms with Crippen LogP contribution in [0.3, 0.4) is 0 Å². The number of para-hydroxylation sites is 1. The van der Waals surface area contributed by atoms with Gasteiger partial charge in [0.15, 0.2) is 0 Å². The van der Waals surface area contributed by atoms with Gasteiger partial charge in [-0.2, -0.15) is 9.78 Å². The third-order valence-corrected chi connectivity index (χ3v) is 5.47. The summed E-state index contributed by atoms with van der Waals surface area (Å²) in [6.45, 7) is 0.921. The van der Waals surface area contributed by atoms with E-state index in [1.165, 1.54) is 4.68 Å². The lowest BCUT2D eigenvalue weighted by molar-refractivity contribution is 0.0950. The molecule has 2 aliphatic heterocycles. The van der Waals surface area contributed by atoms with Gasteiger partial charge in [-0.25, -0.2) is 0 Å². The third kappa shape index (κ3) is 4.32. The van der Waals surface area contributed by atoms with E-state index in [4.69, 9.17) is 0 Å². The average molecular weight is 434 g/mol. The normalized spacial score (nSPS) is 10.9. The number of nitrogens with zero attached hydrogens (tertiary/aromatic N) is 3. The van der Waals surface area contributed by atoms with Crippen LogP contribution in [0.1, 0.15) is 21.5 Å². The summed E-state index contributed by atoms with van der Waals surface area (Å²) in [7, 11) is 0. The Balaban J connectivity index is 1.57. The summed E-state index contributed by atoms with van der Waals surface area (Å²) in [4.78, 5) is 26.5. The molecule has 0 saturated heterocycles. The highest BCUT2D eigenvalue weighted by molar-refractivity contribution is 5.99. The van der Waals surface area contributed by atoms with E-state index in [9.17, 15) is 9.59 Å². The summed E-state index contributed by atoms with van der Waals surface area (Å²) in [5.41, 5.74) is 3.63. The molecule has 0 fully saturated rings. The molecule has 2 aliphatic rings. The van der Waals surface area contributed by atoms with Crippen molar-refractivity contribution >= 4 is 5.91 Å². The van der Waals surface area contributed by atoms with Gasteiger partial charge in [-0.3, -0.25) is 9.59 Å². The minimum atomic E-state index is -0.274. The number of benzene rings is 3. The molecule has 0 unspecified atom stereocenters. The average Bonchev–Trinajstić information content (AvgIpc) is 3.20. The van der Waals surface area contributed by atoms with Crippen LogP contribution in [0.15, 0.2) is 108 Å². The Morgan fingerprint density at radius 3 is 2.06 bits per heavy atom. The fourth-order valence-electron chi connectivity index (χ4n) is 3.83. The number of rotatable bonds is 6. The Morgan fingerprint density at radius 2 is 1.39 bits per heavy atom. The Kier molecular flexibility index (Phi) is 5.55. The van der Waals surface area contributed by atoms with Gasteiger partial charge >= 0.3 is 0 Å². The van der Waals surface area contributed by atoms with Gasteiger partial charge in [0.25, 0.3) is 11.5 Å². The molecular formula is C27H22N4O2. The molecule has 0 aliphatic carbocycles. The lowest BCUT2D eigenvalue weighted by atomic mass is 10.1. The third-order valence-electron chi connectivity index (χ3n) is 5.47. The molecular weight excluding hydrogens is 412 g/mol. The monoisotopic (exact) mass is 434 g/mol. The van der Waals surface area contributed by atoms with Crippen molar-refractivity contribution in [2.24, 2.45) is 0 Å². The van der Waals surface area contributed by atoms with Crippen LogP contribution in [0.2, 0.25) is 0 Å². The number of amides is 1. The Hall–Kier alpha value is -4.45. The molecule has 5 rings (SSSR count). The van der Waals surface area contributed by atoms with E-state index in [1.54, 1.807) is 12.4 Å². The zero-order valence-corrected chi connectivity index (χ0v) is 17.9. The van der Waals surface area contributed by atoms with Crippen LogP contribution in [-0.4, -0.2) is 20.3 Å². The molecule has 0 aromatic heterocycles. The molecule has 0 atom stereocenters. The quantitative estimate of drug-likeness (QED) is 0.437. The summed E-state index contributed by atoms with van der Waals surface area (Å²) in [5, 5.41) is 7.50. The first kappa shape index (κ1) is 20.5. The van der Waals surface area contributed by atoms with Crippen molar-refractivity contribution in [3.63, 3.8) is 0 Å². The molecule has 2 heterocycles. The maximum Gasteiger partial charge on any atom is 0.282 e. The number of hydrogen-bond acceptors (Lipinski definition) is 3. The van der Waals surface area contributed by atoms with Crippen LogP contribution >= 0.6 is 0 Å². The molecule has 1 amide bonds. The number of aromatic nitrogens is 3. The number of carbonyl (C=O) groups excluding carboxylic acids is 1. The number of hydrogen-bond donors (Lipinski definition) is 1. The van der Waals surface area contributed by atoms with E-state index in [0.717, 1.165) is 11.1 Å². The highest BCUT2D eigenvalue weighted by Gasteiger charge is 2.24. The van der Waals surface area contributed by atoms with Gasteiger partial charge in [-0.05, 0) is 23.3 Å². The molecule has 6 nitrogen and oxygen atoms in total. The smallest absolute Gasteiger partial charge is 0.282 e. The maximum atomic E-state index is 13.2. The molecule has 1 N–H and O–H groups in total. The lowest BCUT2D eigenvalue weighted by Crippen LogP contribution is -2.25. The van der Waals surface area contributed by atoms with Crippen LogP contribution in [0.5, 0.6) is 0 Å². The fraction of sp³-hybridized carbons (Fsp3) is 0.0741. The van der Waals surface area contributed by atoms with Gasteiger partial charge in [0.1, 0.15) is 5.69 Å². The van der Waals surface area contributed by atoms with Crippen LogP contribution in [0, 0.1) is 0 Å². The maximum absolute atomic E-state index is 13.2. The van der Waals surface area contributed by atoms with E-state index in [1.807, 2.05) is 95.6 Å². The zero-order valence-electron chi connectivity index (χ0n) is 17.9. The summed E-state index contributed by atoms with van der Waals surface area (Å²) >= 11 is 0. The highest BCUT2D eigenvalue weighted by Crippen LogP contribution is 2.23. The van der Waals surface area contributed by atoms with Gasteiger partial charge in [0.05, 0.1) is 16.8 Å². The summed E-state index contributed by atoms with van der Waals surface area (Å²) in [6.07, 6.45) is 3.53. The molecule has 3 aromatic carbocycles. The summed E-state index contributed by atoms with van der Waals surface area (Å²) in [6, 6.07) is 28.8. The van der Waals surface area contributed by atoms with Crippen molar-refractivity contribution in [3.05, 3.63) is 130 Å². The second-order valence-corrected chi connectivity index (χ2v) is 7.81. The predicted octanol–water partition coefficient (Wildman–Crippen LogP) is 4.12. The molecule has 162 valence electrons. The van der Waals surface area contributed by atoms with Crippen molar-refractivity contribution in [2.75, 3.05) is 0 Å². The number of pyridine rings is 1. The standard InChI is InChI=1S/C27H22N4O2/c32-26(28-16-20-10-4-1-5-11-20)23-18-30(17-21-12-6-2-7-13-21)19-24-25(23)29-31(27(24)33)22-14-8-3-9-15-22/h1-15,18-19H,16-17H2,(H,28,32). The van der Waals surface area contributed by atoms with Crippen molar-refractivity contribution in [2.45, 2.75) is 13.1 Å². The number of carbonyl (C=O) groups is 1. The first-order chi connectivity index (χ1) is 16.2. The Morgan fingerprint density at radius 1 is 0.788 bits per heavy atom. The molecule has 0 spiro atoms. The Labute approximate surface area is 191 Å². The van der Waals surface area contributed by atoms with Crippen LogP contribution in [-0.2, 0) is 13.1 Å². The van der Waals surface area contributed by atoms with Gasteiger partial charge in [0.2, 0.25) is 0 Å². The fourth-order valence-corrected chi connectivity index (χ4v) is 3.83. The number of nitrogens with one attached hydrogen (secondary N) is 1. The first-order valence-electron chi connectivity index (χ1n) is 10.7. The summed E-state index contributed by atoms with van der Waals surface area (Å²) < 4.78 is 3.22. The summed E-state index contributed by atoms with van der Waals surface area (Å²) in [5.74, 6) is -0.274. The van der Waals surface area contributed by atoms with E-state index in [0.29, 0.717) is 35.6 Å². The molecule has 6 heteroatoms. The largest absolute Gasteiger partial charge is 0.348 e. The van der Waals surface area contributed by atoms with Gasteiger partial charge < -0.3 is 9.88 Å². The minimum Gasteiger partial charge on any atom is -0.348 e.